The van der Waals surface area contributed by atoms with E-state index in [1.807, 2.05) is 6.92 Å². The molecule has 3 heterocycles. The van der Waals surface area contributed by atoms with Gasteiger partial charge in [0.15, 0.2) is 5.82 Å². The van der Waals surface area contributed by atoms with Crippen LogP contribution in [-0.2, 0) is 13.1 Å². The van der Waals surface area contributed by atoms with Gasteiger partial charge < -0.3 is 4.52 Å². The van der Waals surface area contributed by atoms with Crippen molar-refractivity contribution in [1.82, 2.24) is 29.7 Å². The van der Waals surface area contributed by atoms with Crippen molar-refractivity contribution in [3.8, 4) is 0 Å². The molecule has 0 amide bonds. The molecule has 8 nitrogen and oxygen atoms in total. The quantitative estimate of drug-likeness (QED) is 0.771. The zero-order valence-electron chi connectivity index (χ0n) is 13.6. The number of hydrogen-bond donors (Lipinski definition) is 0. The second-order valence-electron chi connectivity index (χ2n) is 5.88. The monoisotopic (exact) mass is 318 g/mol. The van der Waals surface area contributed by atoms with E-state index in [9.17, 15) is 4.79 Å². The minimum Gasteiger partial charge on any atom is -0.340 e. The molecule has 0 unspecified atom stereocenters. The predicted octanol–water partition coefficient (Wildman–Crippen LogP) is 0.0609. The maximum Gasteiger partial charge on any atom is 0.266 e. The van der Waals surface area contributed by atoms with E-state index in [4.69, 9.17) is 4.52 Å². The Labute approximate surface area is 134 Å². The molecule has 0 spiro atoms. The SMILES string of the molecule is Cc1ccc(=O)n(CCN2CCN(Cc3noc(C)n3)CC2)n1. The summed E-state index contributed by atoms with van der Waals surface area (Å²) in [6.07, 6.45) is 0. The first-order valence-corrected chi connectivity index (χ1v) is 7.89. The van der Waals surface area contributed by atoms with Crippen LogP contribution < -0.4 is 5.56 Å². The predicted molar refractivity (Wildman–Crippen MR) is 84.0 cm³/mol. The molecule has 2 aromatic heterocycles. The summed E-state index contributed by atoms with van der Waals surface area (Å²) in [4.78, 5) is 20.7. The van der Waals surface area contributed by atoms with Crippen LogP contribution in [0.15, 0.2) is 21.5 Å². The maximum atomic E-state index is 11.8. The Bertz CT molecular complexity index is 702. The van der Waals surface area contributed by atoms with Gasteiger partial charge in [-0.3, -0.25) is 14.6 Å². The highest BCUT2D eigenvalue weighted by Gasteiger charge is 2.18. The summed E-state index contributed by atoms with van der Waals surface area (Å²) >= 11 is 0. The molecule has 8 heteroatoms. The Morgan fingerprint density at radius 2 is 1.83 bits per heavy atom. The van der Waals surface area contributed by atoms with Crippen molar-refractivity contribution in [3.05, 3.63) is 39.9 Å². The molecule has 0 aromatic carbocycles. The summed E-state index contributed by atoms with van der Waals surface area (Å²) in [6.45, 7) is 9.76. The molecule has 0 bridgehead atoms. The van der Waals surface area contributed by atoms with E-state index < -0.39 is 0 Å². The topological polar surface area (TPSA) is 80.3 Å². The standard InChI is InChI=1S/C15H22N6O2/c1-12-3-4-15(22)21(17-12)10-9-19-5-7-20(8-6-19)11-14-16-13(2)23-18-14/h3-4H,5-11H2,1-2H3. The molecule has 1 aliphatic heterocycles. The zero-order chi connectivity index (χ0) is 16.2. The van der Waals surface area contributed by atoms with Crippen molar-refractivity contribution >= 4 is 0 Å². The maximum absolute atomic E-state index is 11.8. The van der Waals surface area contributed by atoms with Crippen LogP contribution in [0.1, 0.15) is 17.4 Å². The first kappa shape index (κ1) is 15.8. The summed E-state index contributed by atoms with van der Waals surface area (Å²) in [7, 11) is 0. The van der Waals surface area contributed by atoms with Gasteiger partial charge in [-0.15, -0.1) is 0 Å². The van der Waals surface area contributed by atoms with Crippen molar-refractivity contribution in [2.45, 2.75) is 26.9 Å². The molecule has 1 fully saturated rings. The molecule has 1 aliphatic rings. The second-order valence-corrected chi connectivity index (χ2v) is 5.88. The lowest BCUT2D eigenvalue weighted by atomic mass is 10.3. The second kappa shape index (κ2) is 7.01. The van der Waals surface area contributed by atoms with E-state index in [2.05, 4.69) is 25.0 Å². The number of aryl methyl sites for hydroxylation is 2. The molecule has 0 aliphatic carbocycles. The summed E-state index contributed by atoms with van der Waals surface area (Å²) < 4.78 is 6.54. The van der Waals surface area contributed by atoms with Crippen molar-refractivity contribution in [1.29, 1.82) is 0 Å². The van der Waals surface area contributed by atoms with Crippen LogP contribution in [-0.4, -0.2) is 62.4 Å². The third-order valence-electron chi connectivity index (χ3n) is 4.03. The normalized spacial score (nSPS) is 16.8. The van der Waals surface area contributed by atoms with Gasteiger partial charge in [0.25, 0.3) is 5.56 Å². The molecule has 2 aromatic rings. The number of piperazine rings is 1. The number of nitrogens with zero attached hydrogens (tertiary/aromatic N) is 6. The van der Waals surface area contributed by atoms with E-state index in [1.165, 1.54) is 0 Å². The van der Waals surface area contributed by atoms with Crippen molar-refractivity contribution in [2.24, 2.45) is 0 Å². The van der Waals surface area contributed by atoms with Gasteiger partial charge in [-0.2, -0.15) is 10.1 Å². The van der Waals surface area contributed by atoms with Crippen LogP contribution in [0, 0.1) is 13.8 Å². The molecule has 23 heavy (non-hydrogen) atoms. The molecule has 124 valence electrons. The summed E-state index contributed by atoms with van der Waals surface area (Å²) in [5, 5.41) is 8.21. The van der Waals surface area contributed by atoms with Crippen LogP contribution in [0.25, 0.3) is 0 Å². The Hall–Kier alpha value is -2.06. The average molecular weight is 318 g/mol. The third kappa shape index (κ3) is 4.23. The van der Waals surface area contributed by atoms with Gasteiger partial charge in [0.1, 0.15) is 0 Å². The zero-order valence-corrected chi connectivity index (χ0v) is 13.6. The number of aromatic nitrogens is 4. The van der Waals surface area contributed by atoms with Gasteiger partial charge in [0.2, 0.25) is 5.89 Å². The van der Waals surface area contributed by atoms with Crippen LogP contribution >= 0.6 is 0 Å². The molecule has 0 atom stereocenters. The summed E-state index contributed by atoms with van der Waals surface area (Å²) in [5.41, 5.74) is 0.825. The Kier molecular flexibility index (Phi) is 4.82. The fourth-order valence-electron chi connectivity index (χ4n) is 2.72. The molecule has 1 saturated heterocycles. The smallest absolute Gasteiger partial charge is 0.266 e. The highest BCUT2D eigenvalue weighted by atomic mass is 16.5. The van der Waals surface area contributed by atoms with Gasteiger partial charge in [0.05, 0.1) is 18.8 Å². The average Bonchev–Trinajstić information content (AvgIpc) is 2.95. The van der Waals surface area contributed by atoms with Crippen LogP contribution in [0.3, 0.4) is 0 Å². The Morgan fingerprint density at radius 1 is 1.09 bits per heavy atom. The lowest BCUT2D eigenvalue weighted by Gasteiger charge is -2.33. The fourth-order valence-corrected chi connectivity index (χ4v) is 2.72. The van der Waals surface area contributed by atoms with Gasteiger partial charge in [0, 0.05) is 45.7 Å². The molecule has 0 radical (unpaired) electrons. The van der Waals surface area contributed by atoms with Gasteiger partial charge in [-0.25, -0.2) is 4.68 Å². The summed E-state index contributed by atoms with van der Waals surface area (Å²) in [5.74, 6) is 1.35. The third-order valence-corrected chi connectivity index (χ3v) is 4.03. The van der Waals surface area contributed by atoms with E-state index in [0.29, 0.717) is 12.4 Å². The molecular formula is C15H22N6O2. The highest BCUT2D eigenvalue weighted by molar-refractivity contribution is 4.97. The molecular weight excluding hydrogens is 296 g/mol. The van der Waals surface area contributed by atoms with E-state index in [0.717, 1.165) is 50.8 Å². The number of hydrogen-bond acceptors (Lipinski definition) is 7. The minimum atomic E-state index is -0.0401. The minimum absolute atomic E-state index is 0.0401. The van der Waals surface area contributed by atoms with Crippen LogP contribution in [0.4, 0.5) is 0 Å². The summed E-state index contributed by atoms with van der Waals surface area (Å²) in [6, 6.07) is 3.32. The highest BCUT2D eigenvalue weighted by Crippen LogP contribution is 2.06. The molecule has 0 saturated carbocycles. The number of rotatable bonds is 5. The van der Waals surface area contributed by atoms with Gasteiger partial charge >= 0.3 is 0 Å². The Balaban J connectivity index is 1.46. The van der Waals surface area contributed by atoms with E-state index >= 15 is 0 Å². The van der Waals surface area contributed by atoms with Crippen LogP contribution in [0.5, 0.6) is 0 Å². The van der Waals surface area contributed by atoms with Gasteiger partial charge in [-0.05, 0) is 13.0 Å². The van der Waals surface area contributed by atoms with Crippen molar-refractivity contribution in [3.63, 3.8) is 0 Å². The van der Waals surface area contributed by atoms with E-state index in [-0.39, 0.29) is 5.56 Å². The van der Waals surface area contributed by atoms with Gasteiger partial charge in [-0.1, -0.05) is 5.16 Å². The largest absolute Gasteiger partial charge is 0.340 e. The van der Waals surface area contributed by atoms with E-state index in [1.54, 1.807) is 23.7 Å². The van der Waals surface area contributed by atoms with Crippen molar-refractivity contribution in [2.75, 3.05) is 32.7 Å². The first-order valence-electron chi connectivity index (χ1n) is 7.89. The lowest BCUT2D eigenvalue weighted by molar-refractivity contribution is 0.120. The fraction of sp³-hybridized carbons (Fsp3) is 0.600. The van der Waals surface area contributed by atoms with Crippen LogP contribution in [0.2, 0.25) is 0 Å². The first-order chi connectivity index (χ1) is 11.1. The Morgan fingerprint density at radius 3 is 2.52 bits per heavy atom. The molecule has 0 N–H and O–H groups in total. The van der Waals surface area contributed by atoms with Crippen molar-refractivity contribution < 1.29 is 4.52 Å². The lowest BCUT2D eigenvalue weighted by Crippen LogP contribution is -2.47. The molecule has 3 rings (SSSR count).